The van der Waals surface area contributed by atoms with Crippen molar-refractivity contribution in [2.24, 2.45) is 0 Å². The molecule has 0 aliphatic heterocycles. The van der Waals surface area contributed by atoms with Gasteiger partial charge in [-0.05, 0) is 12.5 Å². The van der Waals surface area contributed by atoms with Gasteiger partial charge in [-0.25, -0.2) is 4.98 Å². The van der Waals surface area contributed by atoms with Crippen LogP contribution in [0.1, 0.15) is 64.7 Å². The molecule has 4 heteroatoms. The van der Waals surface area contributed by atoms with E-state index in [-0.39, 0.29) is 0 Å². The second-order valence-corrected chi connectivity index (χ2v) is 5.06. The number of hydrogen-bond acceptors (Lipinski definition) is 4. The van der Waals surface area contributed by atoms with Crippen molar-refractivity contribution in [2.75, 3.05) is 17.6 Å². The van der Waals surface area contributed by atoms with Gasteiger partial charge in [0.2, 0.25) is 5.95 Å². The maximum Gasteiger partial charge on any atom is 0.224 e. The topological polar surface area (TPSA) is 63.8 Å². The summed E-state index contributed by atoms with van der Waals surface area (Å²) in [5.41, 5.74) is 5.59. The number of anilines is 2. The summed E-state index contributed by atoms with van der Waals surface area (Å²) in [5.74, 6) is 1.16. The average Bonchev–Trinajstić information content (AvgIpc) is 2.41. The van der Waals surface area contributed by atoms with Crippen LogP contribution in [0.25, 0.3) is 0 Å². The lowest BCUT2D eigenvalue weighted by Gasteiger charge is -2.05. The molecule has 0 aromatic carbocycles. The van der Waals surface area contributed by atoms with Crippen LogP contribution in [-0.4, -0.2) is 16.5 Å². The van der Waals surface area contributed by atoms with Gasteiger partial charge in [0.15, 0.2) is 0 Å². The maximum atomic E-state index is 5.59. The number of aromatic nitrogens is 2. The first-order chi connectivity index (χ1) is 9.33. The van der Waals surface area contributed by atoms with E-state index in [9.17, 15) is 0 Å². The van der Waals surface area contributed by atoms with Crippen LogP contribution in [0.5, 0.6) is 0 Å². The Balaban J connectivity index is 1.89. The summed E-state index contributed by atoms with van der Waals surface area (Å²) in [5, 5.41) is 3.20. The molecule has 3 N–H and O–H groups in total. The van der Waals surface area contributed by atoms with E-state index in [1.807, 2.05) is 0 Å². The van der Waals surface area contributed by atoms with Crippen molar-refractivity contribution < 1.29 is 0 Å². The zero-order chi connectivity index (χ0) is 13.8. The van der Waals surface area contributed by atoms with Crippen molar-refractivity contribution in [3.05, 3.63) is 12.3 Å². The van der Waals surface area contributed by atoms with Crippen LogP contribution in [0.15, 0.2) is 12.3 Å². The van der Waals surface area contributed by atoms with Gasteiger partial charge in [0, 0.05) is 12.7 Å². The van der Waals surface area contributed by atoms with E-state index in [2.05, 4.69) is 22.2 Å². The third kappa shape index (κ3) is 8.41. The van der Waals surface area contributed by atoms with E-state index in [1.54, 1.807) is 12.3 Å². The number of nitrogens with zero attached hydrogens (tertiary/aromatic N) is 2. The monoisotopic (exact) mass is 264 g/mol. The fourth-order valence-electron chi connectivity index (χ4n) is 2.09. The molecule has 1 rings (SSSR count). The maximum absolute atomic E-state index is 5.59. The minimum Gasteiger partial charge on any atom is -0.384 e. The van der Waals surface area contributed by atoms with Crippen LogP contribution < -0.4 is 11.1 Å². The lowest BCUT2D eigenvalue weighted by molar-refractivity contribution is 0.569. The third-order valence-electron chi connectivity index (χ3n) is 3.24. The Hall–Kier alpha value is -1.32. The molecule has 0 aliphatic carbocycles. The average molecular weight is 264 g/mol. The van der Waals surface area contributed by atoms with Crippen LogP contribution in [0.3, 0.4) is 0 Å². The molecule has 1 aromatic rings. The Morgan fingerprint density at radius 3 is 2.26 bits per heavy atom. The van der Waals surface area contributed by atoms with Gasteiger partial charge in [0.1, 0.15) is 5.82 Å². The molecule has 1 heterocycles. The van der Waals surface area contributed by atoms with Gasteiger partial charge >= 0.3 is 0 Å². The number of nitrogen functional groups attached to an aromatic ring is 1. The normalized spacial score (nSPS) is 10.6. The molecule has 0 unspecified atom stereocenters. The zero-order valence-electron chi connectivity index (χ0n) is 12.2. The standard InChI is InChI=1S/C15H28N4/c1-2-3-4-5-6-7-8-9-10-12-17-15-18-13-11-14(16)19-15/h11,13H,2-10,12H2,1H3,(H3,16,17,18,19). The van der Waals surface area contributed by atoms with E-state index < -0.39 is 0 Å². The summed E-state index contributed by atoms with van der Waals surface area (Å²) in [7, 11) is 0. The minimum atomic E-state index is 0.518. The number of nitrogens with two attached hydrogens (primary N) is 1. The molecule has 19 heavy (non-hydrogen) atoms. The summed E-state index contributed by atoms with van der Waals surface area (Å²) in [4.78, 5) is 8.22. The highest BCUT2D eigenvalue weighted by atomic mass is 15.1. The molecule has 0 amide bonds. The van der Waals surface area contributed by atoms with Gasteiger partial charge in [-0.15, -0.1) is 0 Å². The first-order valence-corrected chi connectivity index (χ1v) is 7.65. The quantitative estimate of drug-likeness (QED) is 0.593. The van der Waals surface area contributed by atoms with Crippen molar-refractivity contribution >= 4 is 11.8 Å². The molecule has 0 bridgehead atoms. The van der Waals surface area contributed by atoms with Crippen molar-refractivity contribution in [1.82, 2.24) is 9.97 Å². The van der Waals surface area contributed by atoms with Gasteiger partial charge in [0.05, 0.1) is 0 Å². The van der Waals surface area contributed by atoms with Crippen molar-refractivity contribution in [1.29, 1.82) is 0 Å². The largest absolute Gasteiger partial charge is 0.384 e. The van der Waals surface area contributed by atoms with Crippen LogP contribution in [0.4, 0.5) is 11.8 Å². The van der Waals surface area contributed by atoms with Crippen molar-refractivity contribution in [3.63, 3.8) is 0 Å². The molecule has 0 saturated carbocycles. The van der Waals surface area contributed by atoms with Crippen molar-refractivity contribution in [3.8, 4) is 0 Å². The Bertz CT molecular complexity index is 328. The highest BCUT2D eigenvalue weighted by Gasteiger charge is 1.96. The van der Waals surface area contributed by atoms with Gasteiger partial charge in [0.25, 0.3) is 0 Å². The predicted molar refractivity (Wildman–Crippen MR) is 82.2 cm³/mol. The lowest BCUT2D eigenvalue weighted by Crippen LogP contribution is -2.06. The van der Waals surface area contributed by atoms with E-state index in [4.69, 9.17) is 5.73 Å². The molecule has 0 saturated heterocycles. The van der Waals surface area contributed by atoms with Crippen molar-refractivity contribution in [2.45, 2.75) is 64.7 Å². The van der Waals surface area contributed by atoms with Gasteiger partial charge < -0.3 is 11.1 Å². The van der Waals surface area contributed by atoms with Crippen LogP contribution in [0, 0.1) is 0 Å². The molecule has 0 radical (unpaired) electrons. The van der Waals surface area contributed by atoms with E-state index in [0.717, 1.165) is 6.54 Å². The molecular weight excluding hydrogens is 236 g/mol. The molecule has 4 nitrogen and oxygen atoms in total. The second kappa shape index (κ2) is 10.6. The Morgan fingerprint density at radius 2 is 1.63 bits per heavy atom. The molecule has 108 valence electrons. The molecule has 0 aliphatic rings. The summed E-state index contributed by atoms with van der Waals surface area (Å²) in [6.07, 6.45) is 13.8. The van der Waals surface area contributed by atoms with E-state index >= 15 is 0 Å². The van der Waals surface area contributed by atoms with Crippen LogP contribution in [0.2, 0.25) is 0 Å². The smallest absolute Gasteiger partial charge is 0.224 e. The third-order valence-corrected chi connectivity index (χ3v) is 3.24. The first kappa shape index (κ1) is 15.7. The fourth-order valence-corrected chi connectivity index (χ4v) is 2.09. The second-order valence-electron chi connectivity index (χ2n) is 5.06. The predicted octanol–water partition coefficient (Wildman–Crippen LogP) is 4.00. The van der Waals surface area contributed by atoms with Gasteiger partial charge in [-0.3, -0.25) is 0 Å². The lowest BCUT2D eigenvalue weighted by atomic mass is 10.1. The zero-order valence-corrected chi connectivity index (χ0v) is 12.2. The summed E-state index contributed by atoms with van der Waals surface area (Å²) < 4.78 is 0. The molecule has 1 aromatic heterocycles. The highest BCUT2D eigenvalue weighted by Crippen LogP contribution is 2.09. The molecular formula is C15H28N4. The SMILES string of the molecule is CCCCCCCCCCCNc1nccc(N)n1. The highest BCUT2D eigenvalue weighted by molar-refractivity contribution is 5.34. The van der Waals surface area contributed by atoms with Gasteiger partial charge in [-0.2, -0.15) is 4.98 Å². The summed E-state index contributed by atoms with van der Waals surface area (Å²) in [6.45, 7) is 3.19. The number of rotatable bonds is 11. The van der Waals surface area contributed by atoms with Crippen LogP contribution >= 0.6 is 0 Å². The van der Waals surface area contributed by atoms with Gasteiger partial charge in [-0.1, -0.05) is 58.3 Å². The number of nitrogens with one attached hydrogen (secondary N) is 1. The molecule has 0 atom stereocenters. The number of unbranched alkanes of at least 4 members (excludes halogenated alkanes) is 8. The Kier molecular flexibility index (Phi) is 8.77. The summed E-state index contributed by atoms with van der Waals surface area (Å²) >= 11 is 0. The van der Waals surface area contributed by atoms with E-state index in [1.165, 1.54) is 57.8 Å². The fraction of sp³-hybridized carbons (Fsp3) is 0.733. The summed E-state index contributed by atoms with van der Waals surface area (Å²) in [6, 6.07) is 1.70. The Labute approximate surface area is 117 Å². The Morgan fingerprint density at radius 1 is 1.00 bits per heavy atom. The number of hydrogen-bond donors (Lipinski definition) is 2. The molecule has 0 fully saturated rings. The van der Waals surface area contributed by atoms with Crippen LogP contribution in [-0.2, 0) is 0 Å². The van der Waals surface area contributed by atoms with E-state index in [0.29, 0.717) is 11.8 Å². The molecule has 0 spiro atoms. The first-order valence-electron chi connectivity index (χ1n) is 7.65. The minimum absolute atomic E-state index is 0.518.